The minimum Gasteiger partial charge on any atom is -0.477 e. The SMILES string of the molecule is O=C(O)C(Cc1ccccc1)=NNc1nnc(-c2ccccc2)s1. The Hall–Kier alpha value is -3.06. The third-order valence-electron chi connectivity index (χ3n) is 3.19. The molecule has 7 heteroatoms. The van der Waals surface area contributed by atoms with Gasteiger partial charge in [-0.1, -0.05) is 72.0 Å². The van der Waals surface area contributed by atoms with E-state index in [0.717, 1.165) is 16.1 Å². The molecule has 0 aliphatic carbocycles. The number of benzene rings is 2. The number of nitrogens with zero attached hydrogens (tertiary/aromatic N) is 3. The van der Waals surface area contributed by atoms with Crippen LogP contribution in [0, 0.1) is 0 Å². The topological polar surface area (TPSA) is 87.5 Å². The molecule has 0 amide bonds. The zero-order valence-corrected chi connectivity index (χ0v) is 13.4. The van der Waals surface area contributed by atoms with Gasteiger partial charge in [-0.05, 0) is 5.56 Å². The number of aliphatic carboxylic acids is 1. The van der Waals surface area contributed by atoms with Crippen molar-refractivity contribution in [2.24, 2.45) is 5.10 Å². The summed E-state index contributed by atoms with van der Waals surface area (Å²) in [7, 11) is 0. The molecule has 0 saturated heterocycles. The van der Waals surface area contributed by atoms with Crippen molar-refractivity contribution in [3.8, 4) is 10.6 Å². The smallest absolute Gasteiger partial charge is 0.352 e. The molecule has 2 N–H and O–H groups in total. The Morgan fingerprint density at radius 2 is 1.71 bits per heavy atom. The predicted octanol–water partition coefficient (Wildman–Crippen LogP) is 3.30. The van der Waals surface area contributed by atoms with Gasteiger partial charge < -0.3 is 5.11 Å². The number of hydrazone groups is 1. The van der Waals surface area contributed by atoms with Crippen LogP contribution in [0.1, 0.15) is 5.56 Å². The van der Waals surface area contributed by atoms with Crippen LogP contribution < -0.4 is 5.43 Å². The molecular weight excluding hydrogens is 324 g/mol. The summed E-state index contributed by atoms with van der Waals surface area (Å²) >= 11 is 1.31. The van der Waals surface area contributed by atoms with Crippen molar-refractivity contribution >= 4 is 28.1 Å². The van der Waals surface area contributed by atoms with Crippen molar-refractivity contribution in [3.63, 3.8) is 0 Å². The van der Waals surface area contributed by atoms with Gasteiger partial charge in [0.2, 0.25) is 5.13 Å². The van der Waals surface area contributed by atoms with Crippen LogP contribution in [0.3, 0.4) is 0 Å². The minimum atomic E-state index is -1.07. The van der Waals surface area contributed by atoms with Gasteiger partial charge in [0.15, 0.2) is 0 Å². The van der Waals surface area contributed by atoms with Gasteiger partial charge in [-0.3, -0.25) is 5.43 Å². The molecule has 3 rings (SSSR count). The number of aromatic nitrogens is 2. The molecule has 1 heterocycles. The van der Waals surface area contributed by atoms with Crippen LogP contribution in [0.5, 0.6) is 0 Å². The maximum absolute atomic E-state index is 11.3. The van der Waals surface area contributed by atoms with E-state index in [1.54, 1.807) is 0 Å². The number of carboxylic acids is 1. The van der Waals surface area contributed by atoms with Crippen LogP contribution in [-0.4, -0.2) is 27.0 Å². The van der Waals surface area contributed by atoms with Gasteiger partial charge in [0.05, 0.1) is 0 Å². The fraction of sp³-hybridized carbons (Fsp3) is 0.0588. The summed E-state index contributed by atoms with van der Waals surface area (Å²) < 4.78 is 0. The second-order valence-corrected chi connectivity index (χ2v) is 5.89. The van der Waals surface area contributed by atoms with Gasteiger partial charge in [0.1, 0.15) is 10.7 Å². The third-order valence-corrected chi connectivity index (χ3v) is 4.07. The lowest BCUT2D eigenvalue weighted by molar-refractivity contribution is -0.129. The maximum atomic E-state index is 11.3. The highest BCUT2D eigenvalue weighted by Crippen LogP contribution is 2.25. The Labute approximate surface area is 142 Å². The molecule has 0 saturated carbocycles. The van der Waals surface area contributed by atoms with Gasteiger partial charge in [-0.2, -0.15) is 5.10 Å². The highest BCUT2D eigenvalue weighted by Gasteiger charge is 2.12. The van der Waals surface area contributed by atoms with Gasteiger partial charge in [-0.15, -0.1) is 10.2 Å². The second kappa shape index (κ2) is 7.47. The van der Waals surface area contributed by atoms with Crippen molar-refractivity contribution in [3.05, 3.63) is 66.2 Å². The number of carbonyl (C=O) groups is 1. The van der Waals surface area contributed by atoms with Gasteiger partial charge >= 0.3 is 5.97 Å². The molecule has 1 aromatic heterocycles. The Morgan fingerprint density at radius 1 is 1.04 bits per heavy atom. The number of anilines is 1. The Bertz CT molecular complexity index is 847. The number of hydrogen-bond donors (Lipinski definition) is 2. The molecule has 2 aromatic carbocycles. The maximum Gasteiger partial charge on any atom is 0.352 e. The molecule has 0 unspecified atom stereocenters. The highest BCUT2D eigenvalue weighted by atomic mass is 32.1. The van der Waals surface area contributed by atoms with Crippen molar-refractivity contribution in [2.75, 3.05) is 5.43 Å². The summed E-state index contributed by atoms with van der Waals surface area (Å²) in [5.41, 5.74) is 4.53. The van der Waals surface area contributed by atoms with Gasteiger partial charge in [-0.25, -0.2) is 4.79 Å². The van der Waals surface area contributed by atoms with E-state index in [0.29, 0.717) is 5.13 Å². The lowest BCUT2D eigenvalue weighted by Crippen LogP contribution is -2.17. The summed E-state index contributed by atoms with van der Waals surface area (Å²) in [6, 6.07) is 19.0. The standard InChI is InChI=1S/C17H14N4O2S/c22-16(23)14(11-12-7-3-1-4-8-12)18-20-17-21-19-15(24-17)13-9-5-2-6-10-13/h1-10H,11H2,(H,20,21)(H,22,23). The number of hydrogen-bond acceptors (Lipinski definition) is 6. The van der Waals surface area contributed by atoms with E-state index in [-0.39, 0.29) is 12.1 Å². The fourth-order valence-electron chi connectivity index (χ4n) is 2.03. The van der Waals surface area contributed by atoms with E-state index in [1.165, 1.54) is 11.3 Å². The summed E-state index contributed by atoms with van der Waals surface area (Å²) in [5.74, 6) is -1.07. The average molecular weight is 338 g/mol. The molecular formula is C17H14N4O2S. The average Bonchev–Trinajstić information content (AvgIpc) is 3.09. The quantitative estimate of drug-likeness (QED) is 0.532. The first-order chi connectivity index (χ1) is 11.7. The van der Waals surface area contributed by atoms with E-state index < -0.39 is 5.97 Å². The molecule has 24 heavy (non-hydrogen) atoms. The van der Waals surface area contributed by atoms with Crippen LogP contribution in [-0.2, 0) is 11.2 Å². The summed E-state index contributed by atoms with van der Waals surface area (Å²) in [4.78, 5) is 11.3. The first kappa shape index (κ1) is 15.8. The monoisotopic (exact) mass is 338 g/mol. The Kier molecular flexibility index (Phi) is 4.93. The summed E-state index contributed by atoms with van der Waals surface area (Å²) in [6.07, 6.45) is 0.230. The zero-order valence-electron chi connectivity index (χ0n) is 12.6. The summed E-state index contributed by atoms with van der Waals surface area (Å²) in [6.45, 7) is 0. The van der Waals surface area contributed by atoms with Crippen LogP contribution in [0.2, 0.25) is 0 Å². The molecule has 6 nitrogen and oxygen atoms in total. The van der Waals surface area contributed by atoms with E-state index in [1.807, 2.05) is 60.7 Å². The van der Waals surface area contributed by atoms with E-state index >= 15 is 0 Å². The molecule has 0 radical (unpaired) electrons. The molecule has 0 fully saturated rings. The van der Waals surface area contributed by atoms with Crippen LogP contribution in [0.4, 0.5) is 5.13 Å². The van der Waals surface area contributed by atoms with E-state index in [2.05, 4.69) is 20.7 Å². The lowest BCUT2D eigenvalue weighted by atomic mass is 10.1. The fourth-order valence-corrected chi connectivity index (χ4v) is 2.72. The highest BCUT2D eigenvalue weighted by molar-refractivity contribution is 7.18. The van der Waals surface area contributed by atoms with Gasteiger partial charge in [0.25, 0.3) is 0 Å². The summed E-state index contributed by atoms with van der Waals surface area (Å²) in [5, 5.41) is 22.5. The third kappa shape index (κ3) is 4.02. The van der Waals surface area contributed by atoms with E-state index in [9.17, 15) is 9.90 Å². The molecule has 0 atom stereocenters. The van der Waals surface area contributed by atoms with Crippen molar-refractivity contribution in [2.45, 2.75) is 6.42 Å². The number of carboxylic acid groups (broad SMARTS) is 1. The zero-order chi connectivity index (χ0) is 16.8. The normalized spacial score (nSPS) is 11.2. The Balaban J connectivity index is 1.73. The molecule has 0 aliphatic heterocycles. The lowest BCUT2D eigenvalue weighted by Gasteiger charge is -2.02. The predicted molar refractivity (Wildman–Crippen MR) is 94.2 cm³/mol. The molecule has 0 spiro atoms. The first-order valence-electron chi connectivity index (χ1n) is 7.21. The van der Waals surface area contributed by atoms with Crippen LogP contribution in [0.25, 0.3) is 10.6 Å². The van der Waals surface area contributed by atoms with Crippen LogP contribution in [0.15, 0.2) is 65.8 Å². The van der Waals surface area contributed by atoms with Crippen molar-refractivity contribution in [1.82, 2.24) is 10.2 Å². The molecule has 0 bridgehead atoms. The van der Waals surface area contributed by atoms with Crippen LogP contribution >= 0.6 is 11.3 Å². The van der Waals surface area contributed by atoms with Gasteiger partial charge in [0, 0.05) is 12.0 Å². The van der Waals surface area contributed by atoms with Crippen molar-refractivity contribution in [1.29, 1.82) is 0 Å². The Morgan fingerprint density at radius 3 is 2.38 bits per heavy atom. The second-order valence-electron chi connectivity index (χ2n) is 4.92. The molecule has 3 aromatic rings. The number of rotatable bonds is 6. The minimum absolute atomic E-state index is 0.0117. The first-order valence-corrected chi connectivity index (χ1v) is 8.03. The van der Waals surface area contributed by atoms with Crippen molar-refractivity contribution < 1.29 is 9.90 Å². The molecule has 120 valence electrons. The largest absolute Gasteiger partial charge is 0.477 e. The number of nitrogens with one attached hydrogen (secondary N) is 1. The van der Waals surface area contributed by atoms with E-state index in [4.69, 9.17) is 0 Å². The molecule has 0 aliphatic rings.